The molecule has 1 aliphatic carbocycles. The Kier molecular flexibility index (Phi) is 7.48. The molecular formula is C38H32BrNO6. The zero-order chi connectivity index (χ0) is 32.2. The number of allylic oxidation sites excluding steroid dienone is 1. The summed E-state index contributed by atoms with van der Waals surface area (Å²) in [7, 11) is 5.93. The third-order valence-electron chi connectivity index (χ3n) is 9.46. The van der Waals surface area contributed by atoms with Crippen LogP contribution in [0.15, 0.2) is 107 Å². The molecule has 0 aromatic heterocycles. The molecule has 2 heterocycles. The third-order valence-corrected chi connectivity index (χ3v) is 9.99. The summed E-state index contributed by atoms with van der Waals surface area (Å²) in [4.78, 5) is 30.6. The van der Waals surface area contributed by atoms with E-state index >= 15 is 0 Å². The lowest BCUT2D eigenvalue weighted by atomic mass is 9.61. The Morgan fingerprint density at radius 1 is 0.761 bits per heavy atom. The van der Waals surface area contributed by atoms with Gasteiger partial charge in [-0.3, -0.25) is 0 Å². The second kappa shape index (κ2) is 11.5. The molecule has 0 bridgehead atoms. The monoisotopic (exact) mass is 677 g/mol. The summed E-state index contributed by atoms with van der Waals surface area (Å²) in [6.45, 7) is 0.422. The van der Waals surface area contributed by atoms with Crippen LogP contribution in [0.25, 0.3) is 16.8 Å². The average molecular weight is 679 g/mol. The number of esters is 2. The Labute approximate surface area is 276 Å². The van der Waals surface area contributed by atoms with E-state index in [9.17, 15) is 9.59 Å². The minimum Gasteiger partial charge on any atom is -0.493 e. The first-order valence-corrected chi connectivity index (χ1v) is 15.8. The molecule has 0 unspecified atom stereocenters. The summed E-state index contributed by atoms with van der Waals surface area (Å²) in [6.07, 6.45) is 2.79. The first kappa shape index (κ1) is 29.9. The molecular weight excluding hydrogens is 646 g/mol. The summed E-state index contributed by atoms with van der Waals surface area (Å²) in [5.41, 5.74) is 6.72. The highest BCUT2D eigenvalue weighted by Crippen LogP contribution is 2.62. The van der Waals surface area contributed by atoms with Crippen molar-refractivity contribution in [3.63, 3.8) is 0 Å². The standard InChI is InChI=1S/C38H32BrNO6/c1-43-32-19-23-17-18-40-31(27(23)20-33(32)44-2)21-30(22-13-15-24(39)16-14-22)38(34(36(41)45-3)35(40)37(42)46-4)28-11-7-5-9-25(28)26-10-6-8-12-29(26)38/h5-16,19-21,30H,17-18H2,1-4H3/t30-/m0/s1. The van der Waals surface area contributed by atoms with Crippen LogP contribution in [0.4, 0.5) is 0 Å². The molecule has 0 N–H and O–H groups in total. The minimum atomic E-state index is -1.15. The van der Waals surface area contributed by atoms with Crippen molar-refractivity contribution < 1.29 is 28.5 Å². The lowest BCUT2D eigenvalue weighted by Crippen LogP contribution is -2.41. The molecule has 0 saturated carbocycles. The normalized spacial score (nSPS) is 17.2. The highest BCUT2D eigenvalue weighted by molar-refractivity contribution is 9.10. The number of hydrogen-bond acceptors (Lipinski definition) is 7. The summed E-state index contributed by atoms with van der Waals surface area (Å²) in [5.74, 6) is -0.480. The van der Waals surface area contributed by atoms with Crippen molar-refractivity contribution in [3.8, 4) is 22.6 Å². The summed E-state index contributed by atoms with van der Waals surface area (Å²) >= 11 is 3.61. The molecule has 232 valence electrons. The summed E-state index contributed by atoms with van der Waals surface area (Å²) in [6, 6.07) is 28.3. The Hall–Kier alpha value is -4.82. The number of methoxy groups -OCH3 is 4. The van der Waals surface area contributed by atoms with Gasteiger partial charge in [0.1, 0.15) is 5.70 Å². The van der Waals surface area contributed by atoms with E-state index in [2.05, 4.69) is 58.4 Å². The summed E-state index contributed by atoms with van der Waals surface area (Å²) < 4.78 is 23.4. The molecule has 7 nitrogen and oxygen atoms in total. The molecule has 3 aliphatic rings. The fourth-order valence-electron chi connectivity index (χ4n) is 7.59. The molecule has 1 atom stereocenters. The van der Waals surface area contributed by atoms with E-state index in [0.29, 0.717) is 24.5 Å². The van der Waals surface area contributed by atoms with Crippen molar-refractivity contribution in [3.05, 3.63) is 135 Å². The van der Waals surface area contributed by atoms with Gasteiger partial charge in [-0.15, -0.1) is 0 Å². The van der Waals surface area contributed by atoms with Crippen LogP contribution in [-0.4, -0.2) is 51.8 Å². The van der Waals surface area contributed by atoms with E-state index in [0.717, 1.165) is 49.1 Å². The second-order valence-corrected chi connectivity index (χ2v) is 12.4. The molecule has 0 saturated heterocycles. The number of carbonyl (C=O) groups is 2. The first-order chi connectivity index (χ1) is 22.4. The SMILES string of the molecule is COC(=O)C1=C(C(=O)OC)C2(c3ccccc3-c3ccccc32)[C@H](c2ccc(Br)cc2)C=C2c3cc(OC)c(OC)cc3CCN21. The Bertz CT molecular complexity index is 1910. The van der Waals surface area contributed by atoms with E-state index in [-0.39, 0.29) is 11.3 Å². The largest absolute Gasteiger partial charge is 0.493 e. The lowest BCUT2D eigenvalue weighted by Gasteiger charge is -2.39. The van der Waals surface area contributed by atoms with E-state index in [4.69, 9.17) is 18.9 Å². The van der Waals surface area contributed by atoms with Crippen LogP contribution in [0.1, 0.15) is 33.7 Å². The van der Waals surface area contributed by atoms with Crippen molar-refractivity contribution in [2.45, 2.75) is 17.8 Å². The van der Waals surface area contributed by atoms with E-state index < -0.39 is 23.3 Å². The van der Waals surface area contributed by atoms with E-state index in [1.165, 1.54) is 14.2 Å². The van der Waals surface area contributed by atoms with Gasteiger partial charge in [0.15, 0.2) is 11.5 Å². The van der Waals surface area contributed by atoms with Crippen LogP contribution in [0, 0.1) is 0 Å². The van der Waals surface area contributed by atoms with Gasteiger partial charge in [0.05, 0.1) is 39.4 Å². The smallest absolute Gasteiger partial charge is 0.355 e. The van der Waals surface area contributed by atoms with Gasteiger partial charge >= 0.3 is 11.9 Å². The van der Waals surface area contributed by atoms with Crippen molar-refractivity contribution in [1.82, 2.24) is 4.90 Å². The highest BCUT2D eigenvalue weighted by Gasteiger charge is 2.57. The van der Waals surface area contributed by atoms with Crippen LogP contribution >= 0.6 is 15.9 Å². The fourth-order valence-corrected chi connectivity index (χ4v) is 7.86. The Morgan fingerprint density at radius 3 is 1.93 bits per heavy atom. The number of halogens is 1. The summed E-state index contributed by atoms with van der Waals surface area (Å²) in [5, 5.41) is 0. The molecule has 0 radical (unpaired) electrons. The van der Waals surface area contributed by atoms with Gasteiger partial charge in [-0.2, -0.15) is 0 Å². The predicted octanol–water partition coefficient (Wildman–Crippen LogP) is 7.03. The van der Waals surface area contributed by atoms with Gasteiger partial charge in [-0.05, 0) is 64.1 Å². The number of carbonyl (C=O) groups excluding carboxylic acids is 2. The number of fused-ring (bicyclic) bond motifs is 8. The molecule has 2 aliphatic heterocycles. The van der Waals surface area contributed by atoms with Crippen molar-refractivity contribution in [2.75, 3.05) is 35.0 Å². The van der Waals surface area contributed by atoms with Crippen molar-refractivity contribution in [1.29, 1.82) is 0 Å². The van der Waals surface area contributed by atoms with Crippen LogP contribution in [0.2, 0.25) is 0 Å². The van der Waals surface area contributed by atoms with Crippen LogP contribution in [-0.2, 0) is 30.9 Å². The van der Waals surface area contributed by atoms with Gasteiger partial charge < -0.3 is 23.8 Å². The van der Waals surface area contributed by atoms with Gasteiger partial charge in [-0.25, -0.2) is 9.59 Å². The fraction of sp³-hybridized carbons (Fsp3) is 0.211. The molecule has 4 aromatic rings. The highest BCUT2D eigenvalue weighted by atomic mass is 79.9. The number of benzene rings is 4. The average Bonchev–Trinajstić information content (AvgIpc) is 3.30. The maximum Gasteiger partial charge on any atom is 0.355 e. The molecule has 4 aromatic carbocycles. The van der Waals surface area contributed by atoms with Gasteiger partial charge in [0.2, 0.25) is 0 Å². The number of rotatable bonds is 5. The van der Waals surface area contributed by atoms with Crippen LogP contribution < -0.4 is 9.47 Å². The van der Waals surface area contributed by atoms with Gasteiger partial charge in [0, 0.05) is 28.2 Å². The third kappa shape index (κ3) is 4.23. The maximum absolute atomic E-state index is 14.5. The predicted molar refractivity (Wildman–Crippen MR) is 179 cm³/mol. The molecule has 8 heteroatoms. The Balaban J connectivity index is 1.70. The molecule has 1 spiro atoms. The quantitative estimate of drug-likeness (QED) is 0.210. The van der Waals surface area contributed by atoms with Crippen LogP contribution in [0.3, 0.4) is 0 Å². The van der Waals surface area contributed by atoms with Crippen molar-refractivity contribution >= 4 is 33.6 Å². The maximum atomic E-state index is 14.5. The van der Waals surface area contributed by atoms with E-state index in [1.54, 1.807) is 14.2 Å². The second-order valence-electron chi connectivity index (χ2n) is 11.5. The molecule has 0 fully saturated rings. The van der Waals surface area contributed by atoms with Gasteiger partial charge in [0.25, 0.3) is 0 Å². The molecule has 7 rings (SSSR count). The number of nitrogens with zero attached hydrogens (tertiary/aromatic N) is 1. The molecule has 46 heavy (non-hydrogen) atoms. The Morgan fingerprint density at radius 2 is 1.35 bits per heavy atom. The number of hydrogen-bond donors (Lipinski definition) is 0. The number of ether oxygens (including phenoxy) is 4. The lowest BCUT2D eigenvalue weighted by molar-refractivity contribution is -0.141. The van der Waals surface area contributed by atoms with Gasteiger partial charge in [-0.1, -0.05) is 82.7 Å². The minimum absolute atomic E-state index is 0.159. The molecule has 0 amide bonds. The topological polar surface area (TPSA) is 74.3 Å². The van der Waals surface area contributed by atoms with Crippen molar-refractivity contribution in [2.24, 2.45) is 0 Å². The van der Waals surface area contributed by atoms with Crippen LogP contribution in [0.5, 0.6) is 11.5 Å². The zero-order valence-corrected chi connectivity index (χ0v) is 27.5. The first-order valence-electron chi connectivity index (χ1n) is 15.0. The van der Waals surface area contributed by atoms with E-state index in [1.807, 2.05) is 53.4 Å². The zero-order valence-electron chi connectivity index (χ0n) is 25.9.